The van der Waals surface area contributed by atoms with Gasteiger partial charge < -0.3 is 0 Å². The van der Waals surface area contributed by atoms with Crippen LogP contribution in [-0.4, -0.2) is 13.9 Å². The number of ketones is 1. The van der Waals surface area contributed by atoms with Crippen LogP contribution in [0, 0.1) is 0 Å². The molecule has 1 nitrogen and oxygen atoms in total. The topological polar surface area (TPSA) is 17.1 Å². The summed E-state index contributed by atoms with van der Waals surface area (Å²) in [5.74, 6) is 0.204. The Labute approximate surface area is 180 Å². The van der Waals surface area contributed by atoms with E-state index in [-0.39, 0.29) is 11.3 Å². The van der Waals surface area contributed by atoms with Crippen molar-refractivity contribution in [3.8, 4) is 0 Å². The third-order valence-electron chi connectivity index (χ3n) is 6.13. The van der Waals surface area contributed by atoms with Crippen LogP contribution in [0.2, 0.25) is 6.55 Å². The van der Waals surface area contributed by atoms with Gasteiger partial charge in [0, 0.05) is 12.0 Å². The summed E-state index contributed by atoms with van der Waals surface area (Å²) in [7, 11) is -2.29. The van der Waals surface area contributed by atoms with Crippen molar-refractivity contribution in [2.45, 2.75) is 18.5 Å². The van der Waals surface area contributed by atoms with Gasteiger partial charge in [-0.05, 0) is 11.1 Å². The molecule has 0 bridgehead atoms. The molecule has 1 unspecified atom stereocenters. The number of hydrogen-bond donors (Lipinski definition) is 0. The van der Waals surface area contributed by atoms with Crippen LogP contribution < -0.4 is 10.4 Å². The maximum Gasteiger partial charge on any atom is 0.163 e. The van der Waals surface area contributed by atoms with E-state index in [4.69, 9.17) is 0 Å². The Bertz CT molecular complexity index is 1040. The third-order valence-corrected chi connectivity index (χ3v) is 11.1. The van der Waals surface area contributed by atoms with Crippen LogP contribution in [0.1, 0.15) is 27.9 Å². The van der Waals surface area contributed by atoms with Crippen molar-refractivity contribution in [1.82, 2.24) is 0 Å². The number of rotatable bonds is 7. The van der Waals surface area contributed by atoms with Gasteiger partial charge in [-0.25, -0.2) is 0 Å². The lowest BCUT2D eigenvalue weighted by atomic mass is 10.0. The molecule has 30 heavy (non-hydrogen) atoms. The zero-order valence-electron chi connectivity index (χ0n) is 17.2. The van der Waals surface area contributed by atoms with Crippen molar-refractivity contribution < 1.29 is 4.79 Å². The summed E-state index contributed by atoms with van der Waals surface area (Å²) in [6.45, 7) is 2.41. The molecular formula is C28H26OSi. The number of Topliss-reactive ketones (excluding diaryl/α,β-unsaturated/α-hetero) is 1. The van der Waals surface area contributed by atoms with Crippen LogP contribution in [0.3, 0.4) is 0 Å². The molecule has 4 aromatic carbocycles. The molecule has 2 heteroatoms. The summed E-state index contributed by atoms with van der Waals surface area (Å²) in [6.07, 6.45) is 0.501. The van der Waals surface area contributed by atoms with E-state index in [1.54, 1.807) is 0 Å². The molecule has 0 amide bonds. The Morgan fingerprint density at radius 2 is 1.03 bits per heavy atom. The summed E-state index contributed by atoms with van der Waals surface area (Å²) in [4.78, 5) is 13.4. The molecule has 0 aromatic heterocycles. The van der Waals surface area contributed by atoms with Crippen molar-refractivity contribution >= 4 is 24.2 Å². The van der Waals surface area contributed by atoms with Crippen molar-refractivity contribution in [2.75, 3.05) is 0 Å². The molecule has 4 aromatic rings. The number of benzene rings is 4. The first kappa shape index (κ1) is 20.1. The second-order valence-electron chi connectivity index (χ2n) is 7.89. The lowest BCUT2D eigenvalue weighted by molar-refractivity contribution is 0.0980. The Morgan fingerprint density at radius 3 is 1.50 bits per heavy atom. The Hall–Kier alpha value is -3.23. The van der Waals surface area contributed by atoms with E-state index in [1.165, 1.54) is 15.9 Å². The minimum absolute atomic E-state index is 0.135. The van der Waals surface area contributed by atoms with Crippen molar-refractivity contribution in [3.63, 3.8) is 0 Å². The van der Waals surface area contributed by atoms with E-state index in [2.05, 4.69) is 91.5 Å². The molecule has 148 valence electrons. The van der Waals surface area contributed by atoms with Crippen LogP contribution in [0.25, 0.3) is 0 Å². The molecular weight excluding hydrogens is 380 g/mol. The maximum absolute atomic E-state index is 13.4. The smallest absolute Gasteiger partial charge is 0.163 e. The fourth-order valence-electron chi connectivity index (χ4n) is 4.41. The monoisotopic (exact) mass is 406 g/mol. The van der Waals surface area contributed by atoms with Crippen molar-refractivity contribution in [2.24, 2.45) is 0 Å². The van der Waals surface area contributed by atoms with Crippen LogP contribution in [0.5, 0.6) is 0 Å². The van der Waals surface area contributed by atoms with Crippen LogP contribution in [0.15, 0.2) is 121 Å². The first-order valence-electron chi connectivity index (χ1n) is 10.4. The van der Waals surface area contributed by atoms with E-state index in [1.807, 2.05) is 36.4 Å². The minimum atomic E-state index is -2.29. The number of hydrogen-bond acceptors (Lipinski definition) is 1. The summed E-state index contributed by atoms with van der Waals surface area (Å²) < 4.78 is 0. The van der Waals surface area contributed by atoms with Crippen LogP contribution in [0.4, 0.5) is 0 Å². The first-order chi connectivity index (χ1) is 14.7. The van der Waals surface area contributed by atoms with Gasteiger partial charge in [0.25, 0.3) is 0 Å². The van der Waals surface area contributed by atoms with Gasteiger partial charge >= 0.3 is 0 Å². The standard InChI is InChI=1S/C28H26OSi/c1-30(25-18-10-4-11-19-25,26-20-12-5-13-21-26)28(24-16-8-3-9-17-24)22-27(29)23-14-6-2-7-15-23/h2-21,28H,22H2,1H3. The predicted octanol–water partition coefficient (Wildman–Crippen LogP) is 5.48. The molecule has 0 spiro atoms. The highest BCUT2D eigenvalue weighted by atomic mass is 28.3. The summed E-state index contributed by atoms with van der Waals surface area (Å²) in [6, 6.07) is 41.8. The average molecular weight is 407 g/mol. The third kappa shape index (κ3) is 4.05. The Balaban J connectivity index is 1.87. The highest BCUT2D eigenvalue weighted by molar-refractivity contribution is 7.02. The second-order valence-corrected chi connectivity index (χ2v) is 12.1. The van der Waals surface area contributed by atoms with Gasteiger partial charge in [0.05, 0.1) is 0 Å². The number of carbonyl (C=O) groups excluding carboxylic acids is 1. The maximum atomic E-state index is 13.4. The Kier molecular flexibility index (Phi) is 6.06. The highest BCUT2D eigenvalue weighted by Gasteiger charge is 2.42. The normalized spacial score (nSPS) is 12.3. The summed E-state index contributed by atoms with van der Waals surface area (Å²) in [5, 5.41) is 2.71. The molecule has 0 aliphatic carbocycles. The molecule has 0 aliphatic rings. The van der Waals surface area contributed by atoms with E-state index in [0.717, 1.165) is 5.56 Å². The zero-order valence-corrected chi connectivity index (χ0v) is 18.2. The van der Waals surface area contributed by atoms with Crippen molar-refractivity contribution in [3.05, 3.63) is 132 Å². The Morgan fingerprint density at radius 1 is 0.633 bits per heavy atom. The largest absolute Gasteiger partial charge is 0.294 e. The average Bonchev–Trinajstić information content (AvgIpc) is 2.84. The lowest BCUT2D eigenvalue weighted by Crippen LogP contribution is -2.60. The van der Waals surface area contributed by atoms with Gasteiger partial charge in [-0.15, -0.1) is 0 Å². The molecule has 0 heterocycles. The molecule has 1 atom stereocenters. The molecule has 4 rings (SSSR count). The molecule has 0 aliphatic heterocycles. The second kappa shape index (κ2) is 9.06. The van der Waals surface area contributed by atoms with E-state index in [9.17, 15) is 4.79 Å². The summed E-state index contributed by atoms with van der Waals surface area (Å²) >= 11 is 0. The number of carbonyl (C=O) groups is 1. The minimum Gasteiger partial charge on any atom is -0.294 e. The van der Waals surface area contributed by atoms with Gasteiger partial charge in [0.15, 0.2) is 5.78 Å². The quantitative estimate of drug-likeness (QED) is 0.294. The first-order valence-corrected chi connectivity index (χ1v) is 13.0. The molecule has 0 radical (unpaired) electrons. The lowest BCUT2D eigenvalue weighted by Gasteiger charge is -2.37. The SMILES string of the molecule is C[Si](c1ccccc1)(c1ccccc1)C(CC(=O)c1ccccc1)c1ccccc1. The van der Waals surface area contributed by atoms with E-state index >= 15 is 0 Å². The van der Waals surface area contributed by atoms with Crippen molar-refractivity contribution in [1.29, 1.82) is 0 Å². The molecule has 0 saturated carbocycles. The molecule has 0 fully saturated rings. The van der Waals surface area contributed by atoms with E-state index in [0.29, 0.717) is 6.42 Å². The fraction of sp³-hybridized carbons (Fsp3) is 0.107. The van der Waals surface area contributed by atoms with Crippen LogP contribution in [-0.2, 0) is 0 Å². The van der Waals surface area contributed by atoms with Gasteiger partial charge in [0.1, 0.15) is 8.07 Å². The van der Waals surface area contributed by atoms with Gasteiger partial charge in [-0.2, -0.15) is 0 Å². The van der Waals surface area contributed by atoms with Gasteiger partial charge in [0.2, 0.25) is 0 Å². The van der Waals surface area contributed by atoms with Gasteiger partial charge in [-0.1, -0.05) is 138 Å². The molecule has 0 saturated heterocycles. The summed E-state index contributed by atoms with van der Waals surface area (Å²) in [5.41, 5.74) is 2.16. The zero-order chi connectivity index (χ0) is 20.8. The van der Waals surface area contributed by atoms with E-state index < -0.39 is 8.07 Å². The highest BCUT2D eigenvalue weighted by Crippen LogP contribution is 2.32. The molecule has 0 N–H and O–H groups in total. The predicted molar refractivity (Wildman–Crippen MR) is 128 cm³/mol. The van der Waals surface area contributed by atoms with Crippen LogP contribution >= 0.6 is 0 Å². The van der Waals surface area contributed by atoms with Gasteiger partial charge in [-0.3, -0.25) is 4.79 Å². The fourth-order valence-corrected chi connectivity index (χ4v) is 8.77.